The molecule has 0 saturated heterocycles. The number of aryl methyl sites for hydroxylation is 3. The van der Waals surface area contributed by atoms with Gasteiger partial charge in [-0.1, -0.05) is 55.0 Å². The van der Waals surface area contributed by atoms with Gasteiger partial charge in [-0.25, -0.2) is 0 Å². The number of benzene rings is 2. The van der Waals surface area contributed by atoms with Crippen molar-refractivity contribution in [3.8, 4) is 0 Å². The second-order valence-corrected chi connectivity index (χ2v) is 9.22. The average molecular weight is 409 g/mol. The second-order valence-electron chi connectivity index (χ2n) is 9.22. The number of amides is 2. The fourth-order valence-corrected chi connectivity index (χ4v) is 3.60. The maximum atomic E-state index is 13.5. The molecule has 2 amide bonds. The van der Waals surface area contributed by atoms with Gasteiger partial charge in [0.15, 0.2) is 0 Å². The van der Waals surface area contributed by atoms with Crippen LogP contribution >= 0.6 is 0 Å². The van der Waals surface area contributed by atoms with Crippen molar-refractivity contribution in [2.45, 2.75) is 79.4 Å². The molecule has 4 heteroatoms. The van der Waals surface area contributed by atoms with Crippen LogP contribution in [0, 0.1) is 20.8 Å². The summed E-state index contributed by atoms with van der Waals surface area (Å²) in [5.74, 6) is -0.129. The first-order chi connectivity index (χ1) is 14.0. The Morgan fingerprint density at radius 2 is 1.60 bits per heavy atom. The fraction of sp³-hybridized carbons (Fsp3) is 0.462. The van der Waals surface area contributed by atoms with E-state index in [-0.39, 0.29) is 17.4 Å². The zero-order valence-corrected chi connectivity index (χ0v) is 19.5. The molecular weight excluding hydrogens is 372 g/mol. The summed E-state index contributed by atoms with van der Waals surface area (Å²) in [4.78, 5) is 28.3. The van der Waals surface area contributed by atoms with Crippen LogP contribution in [0.2, 0.25) is 0 Å². The van der Waals surface area contributed by atoms with E-state index in [0.29, 0.717) is 19.4 Å². The van der Waals surface area contributed by atoms with Crippen molar-refractivity contribution in [1.29, 1.82) is 0 Å². The topological polar surface area (TPSA) is 49.4 Å². The van der Waals surface area contributed by atoms with E-state index in [1.165, 1.54) is 0 Å². The number of carbonyl (C=O) groups is 2. The molecular formula is C26H36N2O2. The van der Waals surface area contributed by atoms with Gasteiger partial charge in [0.2, 0.25) is 11.8 Å². The number of nitrogens with zero attached hydrogens (tertiary/aromatic N) is 1. The van der Waals surface area contributed by atoms with Gasteiger partial charge in [-0.05, 0) is 70.2 Å². The Balaban J connectivity index is 2.38. The third kappa shape index (κ3) is 6.45. The minimum absolute atomic E-state index is 0.0251. The van der Waals surface area contributed by atoms with Crippen LogP contribution in [0.25, 0.3) is 0 Å². The molecule has 0 radical (unpaired) electrons. The Bertz CT molecular complexity index is 896. The van der Waals surface area contributed by atoms with E-state index in [4.69, 9.17) is 0 Å². The van der Waals surface area contributed by atoms with Crippen LogP contribution in [0.5, 0.6) is 0 Å². The maximum Gasteiger partial charge on any atom is 0.243 e. The molecule has 0 unspecified atom stereocenters. The predicted octanol–water partition coefficient (Wildman–Crippen LogP) is 4.88. The molecule has 30 heavy (non-hydrogen) atoms. The monoisotopic (exact) mass is 408 g/mol. The van der Waals surface area contributed by atoms with Crippen LogP contribution in [0.15, 0.2) is 42.5 Å². The Morgan fingerprint density at radius 1 is 0.967 bits per heavy atom. The summed E-state index contributed by atoms with van der Waals surface area (Å²) in [6, 6.07) is 13.7. The van der Waals surface area contributed by atoms with Crippen molar-refractivity contribution < 1.29 is 9.59 Å². The van der Waals surface area contributed by atoms with E-state index in [9.17, 15) is 9.59 Å². The minimum Gasteiger partial charge on any atom is -0.350 e. The highest BCUT2D eigenvalue weighted by Crippen LogP contribution is 2.19. The van der Waals surface area contributed by atoms with E-state index >= 15 is 0 Å². The fourth-order valence-electron chi connectivity index (χ4n) is 3.60. The molecule has 2 rings (SSSR count). The van der Waals surface area contributed by atoms with Gasteiger partial charge in [-0.2, -0.15) is 0 Å². The van der Waals surface area contributed by atoms with Gasteiger partial charge < -0.3 is 10.2 Å². The Kier molecular flexibility index (Phi) is 7.83. The predicted molar refractivity (Wildman–Crippen MR) is 123 cm³/mol. The van der Waals surface area contributed by atoms with E-state index in [2.05, 4.69) is 17.4 Å². The van der Waals surface area contributed by atoms with E-state index < -0.39 is 6.04 Å². The average Bonchev–Trinajstić information content (AvgIpc) is 2.64. The van der Waals surface area contributed by atoms with Crippen molar-refractivity contribution in [2.75, 3.05) is 0 Å². The van der Waals surface area contributed by atoms with Crippen LogP contribution < -0.4 is 5.32 Å². The Labute approximate surface area is 181 Å². The molecule has 0 fully saturated rings. The normalized spacial score (nSPS) is 12.4. The highest BCUT2D eigenvalue weighted by molar-refractivity contribution is 5.89. The lowest BCUT2D eigenvalue weighted by Crippen LogP contribution is -2.53. The molecule has 0 aliphatic heterocycles. The molecule has 0 heterocycles. The lowest BCUT2D eigenvalue weighted by atomic mass is 10.00. The number of carbonyl (C=O) groups excluding carboxylic acids is 2. The molecule has 0 aliphatic rings. The third-order valence-corrected chi connectivity index (χ3v) is 5.33. The standard InChI is InChI=1S/C26H36N2O2/c1-8-23(25(30)27-26(5,6)7)28(17-21-12-10-9-11-19(21)3)24(29)16-22-15-18(2)13-14-20(22)4/h9-15,23H,8,16-17H2,1-7H3,(H,27,30)/t23-/m1/s1. The van der Waals surface area contributed by atoms with Crippen molar-refractivity contribution >= 4 is 11.8 Å². The zero-order valence-electron chi connectivity index (χ0n) is 19.5. The first kappa shape index (κ1) is 23.7. The molecule has 0 aliphatic carbocycles. The van der Waals surface area contributed by atoms with Crippen molar-refractivity contribution in [1.82, 2.24) is 10.2 Å². The van der Waals surface area contributed by atoms with Crippen LogP contribution in [0.3, 0.4) is 0 Å². The molecule has 1 N–H and O–H groups in total. The summed E-state index contributed by atoms with van der Waals surface area (Å²) in [6.07, 6.45) is 0.852. The largest absolute Gasteiger partial charge is 0.350 e. The lowest BCUT2D eigenvalue weighted by molar-refractivity contribution is -0.141. The maximum absolute atomic E-state index is 13.5. The number of hydrogen-bond donors (Lipinski definition) is 1. The molecule has 2 aromatic rings. The van der Waals surface area contributed by atoms with Gasteiger partial charge >= 0.3 is 0 Å². The summed E-state index contributed by atoms with van der Waals surface area (Å²) < 4.78 is 0. The van der Waals surface area contributed by atoms with E-state index in [0.717, 1.165) is 27.8 Å². The van der Waals surface area contributed by atoms with Crippen molar-refractivity contribution in [3.05, 3.63) is 70.3 Å². The van der Waals surface area contributed by atoms with Gasteiger partial charge in [0.05, 0.1) is 6.42 Å². The summed E-state index contributed by atoms with van der Waals surface area (Å²) in [6.45, 7) is 14.4. The SMILES string of the molecule is CC[C@H](C(=O)NC(C)(C)C)N(Cc1ccccc1C)C(=O)Cc1cc(C)ccc1C. The first-order valence-electron chi connectivity index (χ1n) is 10.7. The molecule has 1 atom stereocenters. The van der Waals surface area contributed by atoms with Crippen molar-refractivity contribution in [2.24, 2.45) is 0 Å². The Hall–Kier alpha value is -2.62. The highest BCUT2D eigenvalue weighted by Gasteiger charge is 2.31. The molecule has 4 nitrogen and oxygen atoms in total. The van der Waals surface area contributed by atoms with Crippen molar-refractivity contribution in [3.63, 3.8) is 0 Å². The van der Waals surface area contributed by atoms with E-state index in [1.54, 1.807) is 4.90 Å². The van der Waals surface area contributed by atoms with Gasteiger partial charge in [-0.15, -0.1) is 0 Å². The lowest BCUT2D eigenvalue weighted by Gasteiger charge is -2.33. The molecule has 0 saturated carbocycles. The number of nitrogens with one attached hydrogen (secondary N) is 1. The van der Waals surface area contributed by atoms with Gasteiger partial charge in [0.1, 0.15) is 6.04 Å². The summed E-state index contributed by atoms with van der Waals surface area (Å²) in [7, 11) is 0. The van der Waals surface area contributed by atoms with Crippen LogP contribution in [0.4, 0.5) is 0 Å². The summed E-state index contributed by atoms with van der Waals surface area (Å²) in [5.41, 5.74) is 5.07. The number of rotatable bonds is 7. The van der Waals surface area contributed by atoms with Gasteiger partial charge in [-0.3, -0.25) is 9.59 Å². The Morgan fingerprint density at radius 3 is 2.20 bits per heavy atom. The molecule has 0 bridgehead atoms. The summed E-state index contributed by atoms with van der Waals surface area (Å²) >= 11 is 0. The van der Waals surface area contributed by atoms with Gasteiger partial charge in [0.25, 0.3) is 0 Å². The smallest absolute Gasteiger partial charge is 0.243 e. The second kappa shape index (κ2) is 9.92. The molecule has 0 spiro atoms. The van der Waals surface area contributed by atoms with E-state index in [1.807, 2.05) is 78.8 Å². The van der Waals surface area contributed by atoms with Crippen LogP contribution in [-0.2, 0) is 22.6 Å². The van der Waals surface area contributed by atoms with Crippen LogP contribution in [-0.4, -0.2) is 28.3 Å². The highest BCUT2D eigenvalue weighted by atomic mass is 16.2. The summed E-state index contributed by atoms with van der Waals surface area (Å²) in [5, 5.41) is 3.06. The third-order valence-electron chi connectivity index (χ3n) is 5.33. The zero-order chi connectivity index (χ0) is 22.5. The first-order valence-corrected chi connectivity index (χ1v) is 10.7. The minimum atomic E-state index is -0.513. The quantitative estimate of drug-likeness (QED) is 0.710. The molecule has 0 aromatic heterocycles. The number of hydrogen-bond acceptors (Lipinski definition) is 2. The van der Waals surface area contributed by atoms with Crippen LogP contribution in [0.1, 0.15) is 61.9 Å². The molecule has 162 valence electrons. The molecule has 2 aromatic carbocycles. The van der Waals surface area contributed by atoms with Gasteiger partial charge in [0, 0.05) is 12.1 Å².